The molecule has 3 aromatic carbocycles. The Morgan fingerprint density at radius 2 is 1.57 bits per heavy atom. The van der Waals surface area contributed by atoms with Gasteiger partial charge in [0.25, 0.3) is 0 Å². The van der Waals surface area contributed by atoms with Gasteiger partial charge in [0.1, 0.15) is 6.04 Å². The first-order chi connectivity index (χ1) is 17.8. The van der Waals surface area contributed by atoms with Crippen molar-refractivity contribution in [1.82, 2.24) is 10.2 Å². The number of halogens is 2. The maximum absolute atomic E-state index is 14.0. The first-order valence-electron chi connectivity index (χ1n) is 12.9. The summed E-state index contributed by atoms with van der Waals surface area (Å²) in [4.78, 5) is 29.4. The van der Waals surface area contributed by atoms with Gasteiger partial charge in [0, 0.05) is 34.6 Å². The number of carbonyl (C=O) groups excluding carboxylic acids is 2. The maximum atomic E-state index is 14.0. The van der Waals surface area contributed by atoms with Gasteiger partial charge in [-0.2, -0.15) is 0 Å². The van der Waals surface area contributed by atoms with E-state index in [1.807, 2.05) is 55.5 Å². The number of amides is 2. The Labute approximate surface area is 230 Å². The molecule has 1 aliphatic carbocycles. The van der Waals surface area contributed by atoms with Crippen LogP contribution in [0.2, 0.25) is 10.0 Å². The van der Waals surface area contributed by atoms with E-state index in [9.17, 15) is 9.59 Å². The van der Waals surface area contributed by atoms with Crippen molar-refractivity contribution in [3.8, 4) is 0 Å². The Kier molecular flexibility index (Phi) is 9.28. The molecule has 0 saturated heterocycles. The number of benzene rings is 3. The minimum Gasteiger partial charge on any atom is -0.352 e. The molecule has 0 aromatic heterocycles. The standard InChI is InChI=1S/C31H34Cl2N2O2/c1-21-15-16-24(17-22(21)2)19-30(36)35(20-26-27(32)13-8-14-28(26)33)29(18-23-9-4-3-5-10-23)31(37)34-25-11-6-7-12-25/h3-5,8-10,13-17,25,29H,6-7,11-12,18-20H2,1-2H3,(H,34,37)/t29-/m0/s1. The monoisotopic (exact) mass is 536 g/mol. The summed E-state index contributed by atoms with van der Waals surface area (Å²) in [5.74, 6) is -0.269. The van der Waals surface area contributed by atoms with Gasteiger partial charge in [0.05, 0.1) is 6.42 Å². The van der Waals surface area contributed by atoms with Crippen LogP contribution in [0.15, 0.2) is 66.7 Å². The van der Waals surface area contributed by atoms with Crippen molar-refractivity contribution in [3.63, 3.8) is 0 Å². The molecule has 1 fully saturated rings. The zero-order valence-electron chi connectivity index (χ0n) is 21.5. The average molecular weight is 538 g/mol. The van der Waals surface area contributed by atoms with E-state index < -0.39 is 6.04 Å². The van der Waals surface area contributed by atoms with E-state index in [1.54, 1.807) is 23.1 Å². The van der Waals surface area contributed by atoms with Crippen LogP contribution in [0.1, 0.15) is 53.5 Å². The van der Waals surface area contributed by atoms with E-state index in [0.29, 0.717) is 22.0 Å². The topological polar surface area (TPSA) is 49.4 Å². The van der Waals surface area contributed by atoms with Crippen molar-refractivity contribution in [2.75, 3.05) is 0 Å². The molecule has 0 heterocycles. The highest BCUT2D eigenvalue weighted by molar-refractivity contribution is 6.36. The normalized spacial score (nSPS) is 14.4. The van der Waals surface area contributed by atoms with Crippen LogP contribution in [0, 0.1) is 13.8 Å². The summed E-state index contributed by atoms with van der Waals surface area (Å²) in [5, 5.41) is 4.19. The third kappa shape index (κ3) is 7.15. The van der Waals surface area contributed by atoms with Crippen LogP contribution in [-0.2, 0) is 29.0 Å². The fourth-order valence-electron chi connectivity index (χ4n) is 4.96. The second-order valence-corrected chi connectivity index (χ2v) is 10.8. The highest BCUT2D eigenvalue weighted by Gasteiger charge is 2.33. The Morgan fingerprint density at radius 1 is 0.892 bits per heavy atom. The lowest BCUT2D eigenvalue weighted by Crippen LogP contribution is -2.52. The predicted molar refractivity (Wildman–Crippen MR) is 151 cm³/mol. The third-order valence-electron chi connectivity index (χ3n) is 7.29. The quantitative estimate of drug-likeness (QED) is 0.325. The Bertz CT molecular complexity index is 1220. The first-order valence-corrected chi connectivity index (χ1v) is 13.7. The highest BCUT2D eigenvalue weighted by atomic mass is 35.5. The molecule has 0 bridgehead atoms. The van der Waals surface area contributed by atoms with E-state index in [1.165, 1.54) is 5.56 Å². The molecular formula is C31H34Cl2N2O2. The molecule has 0 radical (unpaired) electrons. The van der Waals surface area contributed by atoms with E-state index in [2.05, 4.69) is 12.2 Å². The van der Waals surface area contributed by atoms with Crippen LogP contribution in [0.4, 0.5) is 0 Å². The summed E-state index contributed by atoms with van der Waals surface area (Å²) in [7, 11) is 0. The second-order valence-electron chi connectivity index (χ2n) is 10.0. The van der Waals surface area contributed by atoms with Crippen LogP contribution in [-0.4, -0.2) is 28.8 Å². The van der Waals surface area contributed by atoms with Gasteiger partial charge in [0.15, 0.2) is 0 Å². The summed E-state index contributed by atoms with van der Waals surface area (Å²) in [6.07, 6.45) is 4.75. The maximum Gasteiger partial charge on any atom is 0.243 e. The molecule has 1 atom stereocenters. The molecule has 194 valence electrons. The highest BCUT2D eigenvalue weighted by Crippen LogP contribution is 2.28. The van der Waals surface area contributed by atoms with Crippen molar-refractivity contribution in [2.24, 2.45) is 0 Å². The lowest BCUT2D eigenvalue weighted by Gasteiger charge is -2.33. The van der Waals surface area contributed by atoms with Crippen LogP contribution in [0.25, 0.3) is 0 Å². The van der Waals surface area contributed by atoms with Crippen molar-refractivity contribution >= 4 is 35.0 Å². The number of rotatable bonds is 9. The third-order valence-corrected chi connectivity index (χ3v) is 8.00. The van der Waals surface area contributed by atoms with E-state index in [-0.39, 0.29) is 30.8 Å². The van der Waals surface area contributed by atoms with Gasteiger partial charge >= 0.3 is 0 Å². The zero-order chi connectivity index (χ0) is 26.4. The lowest BCUT2D eigenvalue weighted by atomic mass is 10.00. The van der Waals surface area contributed by atoms with Gasteiger partial charge in [-0.05, 0) is 61.1 Å². The van der Waals surface area contributed by atoms with Gasteiger partial charge in [-0.3, -0.25) is 9.59 Å². The SMILES string of the molecule is Cc1ccc(CC(=O)N(Cc2c(Cl)cccc2Cl)[C@@H](Cc2ccccc2)C(=O)NC2CCCC2)cc1C. The lowest BCUT2D eigenvalue weighted by molar-refractivity contribution is -0.141. The molecule has 4 nitrogen and oxygen atoms in total. The number of nitrogens with one attached hydrogen (secondary N) is 1. The number of aryl methyl sites for hydroxylation is 2. The van der Waals surface area contributed by atoms with E-state index in [4.69, 9.17) is 23.2 Å². The fourth-order valence-corrected chi connectivity index (χ4v) is 5.48. The molecule has 37 heavy (non-hydrogen) atoms. The summed E-state index contributed by atoms with van der Waals surface area (Å²) in [6, 6.07) is 20.6. The zero-order valence-corrected chi connectivity index (χ0v) is 23.0. The van der Waals surface area contributed by atoms with Gasteiger partial charge in [0.2, 0.25) is 11.8 Å². The molecule has 4 rings (SSSR count). The number of hydrogen-bond acceptors (Lipinski definition) is 2. The number of carbonyl (C=O) groups is 2. The molecule has 1 N–H and O–H groups in total. The van der Waals surface area contributed by atoms with Crippen molar-refractivity contribution in [1.29, 1.82) is 0 Å². The van der Waals surface area contributed by atoms with Gasteiger partial charge in [-0.1, -0.05) is 90.6 Å². The van der Waals surface area contributed by atoms with Gasteiger partial charge < -0.3 is 10.2 Å². The minimum absolute atomic E-state index is 0.132. The molecule has 6 heteroatoms. The number of hydrogen-bond donors (Lipinski definition) is 1. The van der Waals surface area contributed by atoms with Crippen LogP contribution in [0.3, 0.4) is 0 Å². The average Bonchev–Trinajstić information content (AvgIpc) is 3.38. The molecule has 1 saturated carbocycles. The fraction of sp³-hybridized carbons (Fsp3) is 0.355. The molecule has 1 aliphatic rings. The molecule has 0 spiro atoms. The Morgan fingerprint density at radius 3 is 2.22 bits per heavy atom. The van der Waals surface area contributed by atoms with Gasteiger partial charge in [-0.15, -0.1) is 0 Å². The summed E-state index contributed by atoms with van der Waals surface area (Å²) < 4.78 is 0. The van der Waals surface area contributed by atoms with E-state index >= 15 is 0 Å². The second kappa shape index (κ2) is 12.6. The molecular weight excluding hydrogens is 503 g/mol. The van der Waals surface area contributed by atoms with Crippen LogP contribution >= 0.6 is 23.2 Å². The molecule has 0 aliphatic heterocycles. The van der Waals surface area contributed by atoms with Crippen LogP contribution in [0.5, 0.6) is 0 Å². The molecule has 2 amide bonds. The largest absolute Gasteiger partial charge is 0.352 e. The number of nitrogens with zero attached hydrogens (tertiary/aromatic N) is 1. The Hall–Kier alpha value is -2.82. The van der Waals surface area contributed by atoms with Gasteiger partial charge in [-0.25, -0.2) is 0 Å². The van der Waals surface area contributed by atoms with Crippen LogP contribution < -0.4 is 5.32 Å². The predicted octanol–water partition coefficient (Wildman–Crippen LogP) is 6.85. The van der Waals surface area contributed by atoms with Crippen molar-refractivity contribution in [3.05, 3.63) is 105 Å². The summed E-state index contributed by atoms with van der Waals surface area (Å²) in [5.41, 5.74) is 4.85. The smallest absolute Gasteiger partial charge is 0.243 e. The Balaban J connectivity index is 1.70. The van der Waals surface area contributed by atoms with E-state index in [0.717, 1.165) is 42.4 Å². The minimum atomic E-state index is -0.700. The first kappa shape index (κ1) is 27.2. The summed E-state index contributed by atoms with van der Waals surface area (Å²) in [6.45, 7) is 4.24. The van der Waals surface area contributed by atoms with Crippen molar-refractivity contribution in [2.45, 2.75) is 71.0 Å². The molecule has 3 aromatic rings. The van der Waals surface area contributed by atoms with Crippen molar-refractivity contribution < 1.29 is 9.59 Å². The molecule has 0 unspecified atom stereocenters. The summed E-state index contributed by atoms with van der Waals surface area (Å²) >= 11 is 13.1.